The third-order valence-corrected chi connectivity index (χ3v) is 2.32. The van der Waals surface area contributed by atoms with E-state index in [9.17, 15) is 9.46 Å². The third-order valence-electron chi connectivity index (χ3n) is 0.994. The molecule has 0 saturated carbocycles. The van der Waals surface area contributed by atoms with Gasteiger partial charge < -0.3 is 9.42 Å². The number of hydrogen-bond donors (Lipinski definition) is 1. The predicted molar refractivity (Wildman–Crippen MR) is 46.7 cm³/mol. The Labute approximate surface area is 73.9 Å². The first-order valence-corrected chi connectivity index (χ1v) is 5.61. The molecule has 0 spiro atoms. The fourth-order valence-corrected chi connectivity index (χ4v) is 1.80. The summed E-state index contributed by atoms with van der Waals surface area (Å²) in [5, 5.41) is 2.35. The average Bonchev–Trinajstić information content (AvgIpc) is 1.81. The van der Waals surface area contributed by atoms with E-state index >= 15 is 0 Å². The highest BCUT2D eigenvalue weighted by Crippen LogP contribution is 2.32. The lowest BCUT2D eigenvalue weighted by Gasteiger charge is -2.26. The lowest BCUT2D eigenvalue weighted by molar-refractivity contribution is -0.203. The maximum atomic E-state index is 11.0. The molecule has 0 aromatic carbocycles. The first kappa shape index (κ1) is 12.1. The van der Waals surface area contributed by atoms with Crippen LogP contribution in [0.3, 0.4) is 0 Å². The van der Waals surface area contributed by atoms with Gasteiger partial charge in [0.25, 0.3) is 0 Å². The molecule has 0 aliphatic heterocycles. The molecule has 0 aliphatic carbocycles. The molecule has 0 aromatic rings. The van der Waals surface area contributed by atoms with Crippen LogP contribution >= 0.6 is 7.75 Å². The Kier molecular flexibility index (Phi) is 5.02. The van der Waals surface area contributed by atoms with Crippen molar-refractivity contribution in [2.45, 2.75) is 33.7 Å². The monoisotopic (exact) mass is 194 g/mol. The second-order valence-corrected chi connectivity index (χ2v) is 4.98. The molecule has 1 unspecified atom stereocenters. The summed E-state index contributed by atoms with van der Waals surface area (Å²) in [6.07, 6.45) is 0. The lowest BCUT2D eigenvalue weighted by Crippen LogP contribution is -2.27. The van der Waals surface area contributed by atoms with Crippen molar-refractivity contribution in [3.8, 4) is 0 Å². The van der Waals surface area contributed by atoms with Gasteiger partial charge in [-0.25, -0.2) is 0 Å². The molecule has 0 aromatic heterocycles. The minimum Gasteiger partial charge on any atom is -0.766 e. The molecule has 0 radical (unpaired) electrons. The van der Waals surface area contributed by atoms with Crippen LogP contribution in [0.4, 0.5) is 0 Å². The van der Waals surface area contributed by atoms with Crippen molar-refractivity contribution in [3.05, 3.63) is 0 Å². The van der Waals surface area contributed by atoms with Crippen molar-refractivity contribution in [2.24, 2.45) is 5.92 Å². The van der Waals surface area contributed by atoms with E-state index in [1.54, 1.807) is 13.8 Å². The van der Waals surface area contributed by atoms with Gasteiger partial charge in [-0.05, 0) is 19.8 Å². The van der Waals surface area contributed by atoms with Crippen molar-refractivity contribution in [3.63, 3.8) is 0 Å². The van der Waals surface area contributed by atoms with Gasteiger partial charge in [0.05, 0.1) is 6.61 Å². The van der Waals surface area contributed by atoms with Crippen LogP contribution in [0.5, 0.6) is 0 Å². The summed E-state index contributed by atoms with van der Waals surface area (Å²) in [4.78, 5) is 11.0. The Morgan fingerprint density at radius 2 is 1.92 bits per heavy atom. The zero-order valence-electron chi connectivity index (χ0n) is 8.03. The van der Waals surface area contributed by atoms with Crippen LogP contribution in [0, 0.1) is 5.92 Å². The topological polar surface area (TPSA) is 61.4 Å². The van der Waals surface area contributed by atoms with Gasteiger partial charge in [-0.2, -0.15) is 0 Å². The Hall–Kier alpha value is 0.110. The maximum absolute atomic E-state index is 11.0. The van der Waals surface area contributed by atoms with Crippen molar-refractivity contribution in [1.29, 1.82) is 0 Å². The van der Waals surface area contributed by atoms with Gasteiger partial charge in [0.15, 0.2) is 0 Å². The SMILES string of the molecule is CC(C)COP(=O)([O-])NC(C)C. The van der Waals surface area contributed by atoms with Crippen molar-refractivity contribution >= 4 is 7.75 Å². The van der Waals surface area contributed by atoms with Crippen molar-refractivity contribution < 1.29 is 14.0 Å². The van der Waals surface area contributed by atoms with Gasteiger partial charge in [0, 0.05) is 6.04 Å². The van der Waals surface area contributed by atoms with E-state index in [4.69, 9.17) is 4.52 Å². The molecule has 0 amide bonds. The molecule has 1 N–H and O–H groups in total. The highest BCUT2D eigenvalue weighted by Gasteiger charge is 2.09. The molecule has 0 bridgehead atoms. The Balaban J connectivity index is 3.80. The molecule has 4 nitrogen and oxygen atoms in total. The Morgan fingerprint density at radius 3 is 2.25 bits per heavy atom. The zero-order chi connectivity index (χ0) is 9.78. The maximum Gasteiger partial charge on any atom is 0.204 e. The van der Waals surface area contributed by atoms with E-state index in [0.717, 1.165) is 0 Å². The third kappa shape index (κ3) is 6.80. The van der Waals surface area contributed by atoms with Gasteiger partial charge in [-0.1, -0.05) is 13.8 Å². The van der Waals surface area contributed by atoms with Gasteiger partial charge in [-0.15, -0.1) is 0 Å². The number of nitrogens with one attached hydrogen (secondary N) is 1. The molecule has 5 heteroatoms. The van der Waals surface area contributed by atoms with Crippen LogP contribution in [-0.2, 0) is 9.09 Å². The summed E-state index contributed by atoms with van der Waals surface area (Å²) < 4.78 is 15.7. The summed E-state index contributed by atoms with van der Waals surface area (Å²) in [5.74, 6) is 0.223. The van der Waals surface area contributed by atoms with Gasteiger partial charge in [0.1, 0.15) is 0 Å². The second kappa shape index (κ2) is 4.97. The molecule has 0 heterocycles. The molecular weight excluding hydrogens is 177 g/mol. The molecule has 0 saturated heterocycles. The van der Waals surface area contributed by atoms with E-state index in [-0.39, 0.29) is 18.6 Å². The normalized spacial score (nSPS) is 16.9. The largest absolute Gasteiger partial charge is 0.766 e. The minimum atomic E-state index is -3.80. The zero-order valence-corrected chi connectivity index (χ0v) is 8.93. The number of rotatable bonds is 5. The highest BCUT2D eigenvalue weighted by molar-refractivity contribution is 7.49. The summed E-state index contributed by atoms with van der Waals surface area (Å²) in [6, 6.07) is -0.111. The summed E-state index contributed by atoms with van der Waals surface area (Å²) in [7, 11) is -3.80. The van der Waals surface area contributed by atoms with Gasteiger partial charge in [-0.3, -0.25) is 9.65 Å². The quantitative estimate of drug-likeness (QED) is 0.666. The van der Waals surface area contributed by atoms with Crippen LogP contribution in [0.1, 0.15) is 27.7 Å². The minimum absolute atomic E-state index is 0.111. The van der Waals surface area contributed by atoms with E-state index in [1.807, 2.05) is 13.8 Å². The summed E-state index contributed by atoms with van der Waals surface area (Å²) in [6.45, 7) is 7.54. The average molecular weight is 194 g/mol. The molecule has 0 fully saturated rings. The van der Waals surface area contributed by atoms with Crippen LogP contribution in [0.15, 0.2) is 0 Å². The fourth-order valence-electron chi connectivity index (χ4n) is 0.601. The van der Waals surface area contributed by atoms with E-state index < -0.39 is 7.75 Å². The lowest BCUT2D eigenvalue weighted by atomic mass is 10.2. The second-order valence-electron chi connectivity index (χ2n) is 3.47. The van der Waals surface area contributed by atoms with E-state index in [0.29, 0.717) is 0 Å². The highest BCUT2D eigenvalue weighted by atomic mass is 31.2. The molecule has 0 rings (SSSR count). The fraction of sp³-hybridized carbons (Fsp3) is 1.00. The summed E-state index contributed by atoms with van der Waals surface area (Å²) >= 11 is 0. The molecule has 74 valence electrons. The Morgan fingerprint density at radius 1 is 1.42 bits per heavy atom. The smallest absolute Gasteiger partial charge is 0.204 e. The van der Waals surface area contributed by atoms with Crippen LogP contribution < -0.4 is 9.98 Å². The molecular formula is C7H17NO3P-. The molecule has 12 heavy (non-hydrogen) atoms. The summed E-state index contributed by atoms with van der Waals surface area (Å²) in [5.41, 5.74) is 0. The van der Waals surface area contributed by atoms with Gasteiger partial charge in [0.2, 0.25) is 7.75 Å². The van der Waals surface area contributed by atoms with Crippen molar-refractivity contribution in [1.82, 2.24) is 5.09 Å². The van der Waals surface area contributed by atoms with Crippen LogP contribution in [0.2, 0.25) is 0 Å². The van der Waals surface area contributed by atoms with Crippen LogP contribution in [-0.4, -0.2) is 12.6 Å². The first-order valence-electron chi connectivity index (χ1n) is 4.07. The predicted octanol–water partition coefficient (Wildman–Crippen LogP) is 1.13. The van der Waals surface area contributed by atoms with E-state index in [2.05, 4.69) is 5.09 Å². The molecule has 1 atom stereocenters. The number of hydrogen-bond acceptors (Lipinski definition) is 3. The van der Waals surface area contributed by atoms with Crippen LogP contribution in [0.25, 0.3) is 0 Å². The standard InChI is InChI=1S/C7H18NO3P/c1-6(2)5-11-12(9,10)8-7(3)4/h6-7H,5H2,1-4H3,(H2,8,9,10)/p-1. The van der Waals surface area contributed by atoms with Gasteiger partial charge >= 0.3 is 0 Å². The van der Waals surface area contributed by atoms with Crippen molar-refractivity contribution in [2.75, 3.05) is 6.61 Å². The molecule has 0 aliphatic rings. The Bertz CT molecular complexity index is 170. The first-order chi connectivity index (χ1) is 5.33. The van der Waals surface area contributed by atoms with E-state index in [1.165, 1.54) is 0 Å².